The Morgan fingerprint density at radius 3 is 1.22 bits per heavy atom. The van der Waals surface area contributed by atoms with Gasteiger partial charge in [0.15, 0.2) is 0 Å². The maximum Gasteiger partial charge on any atom is 0.560 e. The molecule has 3 heterocycles. The summed E-state index contributed by atoms with van der Waals surface area (Å²) in [6.45, 7) is 25.7. The van der Waals surface area contributed by atoms with Gasteiger partial charge in [0.25, 0.3) is 35.4 Å². The predicted molar refractivity (Wildman–Crippen MR) is 375 cm³/mol. The molecular formula is C79H121N5O17. The zero-order valence-corrected chi connectivity index (χ0v) is 62.5. The molecule has 0 bridgehead atoms. The Labute approximate surface area is 599 Å². The fraction of sp³-hybridized carbons (Fsp3) is 0.810. The van der Waals surface area contributed by atoms with Crippen molar-refractivity contribution in [3.63, 3.8) is 0 Å². The number of fused-ring (bicyclic) bond motifs is 10. The first-order valence-electron chi connectivity index (χ1n) is 39.1. The van der Waals surface area contributed by atoms with Crippen LogP contribution in [0.25, 0.3) is 0 Å². The minimum atomic E-state index is -1.48. The van der Waals surface area contributed by atoms with Gasteiger partial charge in [0.05, 0.1) is 0 Å². The summed E-state index contributed by atoms with van der Waals surface area (Å²) in [7, 11) is 0. The summed E-state index contributed by atoms with van der Waals surface area (Å²) in [5, 5.41) is 15.5. The number of carbonyl (C=O) groups is 11. The number of carboxylic acids is 1. The smallest absolute Gasteiger partial charge is 0.481 e. The molecule has 101 heavy (non-hydrogen) atoms. The molecule has 0 spiro atoms. The number of imide groups is 3. The minimum absolute atomic E-state index is 0.0405. The van der Waals surface area contributed by atoms with Gasteiger partial charge >= 0.3 is 30.3 Å². The Kier molecular flexibility index (Phi) is 26.9. The average molecular weight is 1410 g/mol. The number of hydrogen-bond donors (Lipinski definition) is 3. The van der Waals surface area contributed by atoms with Gasteiger partial charge in [-0.3, -0.25) is 43.2 Å². The van der Waals surface area contributed by atoms with Crippen LogP contribution in [0.15, 0.2) is 23.3 Å². The molecule has 3 N–H and O–H groups in total. The van der Waals surface area contributed by atoms with Gasteiger partial charge in [-0.25, -0.2) is 14.4 Å². The van der Waals surface area contributed by atoms with Crippen LogP contribution < -0.4 is 10.6 Å². The summed E-state index contributed by atoms with van der Waals surface area (Å²) in [6.07, 6.45) is 32.7. The molecule has 11 aliphatic rings. The summed E-state index contributed by atoms with van der Waals surface area (Å²) in [5.74, 6) is 4.81. The minimum Gasteiger partial charge on any atom is -0.481 e. The quantitative estimate of drug-likeness (QED) is 0.0435. The van der Waals surface area contributed by atoms with Crippen LogP contribution in [-0.4, -0.2) is 111 Å². The zero-order chi connectivity index (χ0) is 73.1. The number of hydroxylamine groups is 6. The van der Waals surface area contributed by atoms with Crippen LogP contribution in [0.2, 0.25) is 0 Å². The largest absolute Gasteiger partial charge is 0.560 e. The number of allylic oxidation sites excluding steroid dienone is 2. The molecule has 22 heteroatoms. The number of carbonyl (C=O) groups excluding carboxylic acids is 10. The van der Waals surface area contributed by atoms with Crippen LogP contribution in [0.1, 0.15) is 288 Å². The second kappa shape index (κ2) is 34.5. The first-order valence-corrected chi connectivity index (χ1v) is 39.1. The van der Waals surface area contributed by atoms with Crippen molar-refractivity contribution in [3.8, 4) is 0 Å². The number of alkyl carbamates (subject to hydrolysis) is 2. The highest BCUT2D eigenvalue weighted by Gasteiger charge is 2.61. The molecular weight excluding hydrogens is 1290 g/mol. The third-order valence-electron chi connectivity index (χ3n) is 26.8. The summed E-state index contributed by atoms with van der Waals surface area (Å²) < 4.78 is 11.7. The van der Waals surface area contributed by atoms with Gasteiger partial charge in [-0.05, 0) is 208 Å². The molecule has 0 aromatic heterocycles. The van der Waals surface area contributed by atoms with Gasteiger partial charge in [0.2, 0.25) is 0 Å². The molecule has 8 amide bonds. The molecule has 16 atom stereocenters. The summed E-state index contributed by atoms with van der Waals surface area (Å²) in [5.41, 5.74) is 4.55. The highest BCUT2D eigenvalue weighted by atomic mass is 16.9. The third-order valence-corrected chi connectivity index (χ3v) is 26.8. The van der Waals surface area contributed by atoms with E-state index in [1.54, 1.807) is 5.57 Å². The van der Waals surface area contributed by atoms with Gasteiger partial charge in [-0.2, -0.15) is 4.79 Å². The molecule has 3 aliphatic heterocycles. The van der Waals surface area contributed by atoms with Crippen molar-refractivity contribution < 1.29 is 81.8 Å². The van der Waals surface area contributed by atoms with Crippen molar-refractivity contribution in [2.24, 2.45) is 92.7 Å². The van der Waals surface area contributed by atoms with Crippen LogP contribution in [0.5, 0.6) is 0 Å². The third kappa shape index (κ3) is 18.8. The number of hydrogen-bond acceptors (Lipinski definition) is 16. The summed E-state index contributed by atoms with van der Waals surface area (Å²) >= 11 is 0. The Morgan fingerprint density at radius 2 is 0.842 bits per heavy atom. The molecule has 3 saturated heterocycles. The first kappa shape index (κ1) is 78.8. The van der Waals surface area contributed by atoms with Crippen molar-refractivity contribution in [3.05, 3.63) is 23.3 Å². The molecule has 6 saturated carbocycles. The standard InChI is InChI=1S/C37H58N2O6.C33H55NO4.C9H8N2O7/c1-24(2)9-8-10-25(3)29-14-15-30-28-13-12-26-23-27(18-20-36(26,4)31(28)19-21-37(29,30)5)44-35(43)38-22-7-6-11-34(42)45-39-32(40)16-17-33(39)41;1-22(2)9-8-10-23(3)27-14-15-28-26-13-12-24-21-25(38-31(37)34-20-7-6-11-30(35)36)16-18-32(24,4)29(26)17-19-33(27,28)5;12-5-1-2-6(13)10(5)17-9(16)18-11-7(14)3-4-8(11)15/h12,24-25,27-31H,6-11,13-23H2,1-5H3,(H,38,43);12,22-23,25-29H,6-11,13-21H2,1-5H3,(H,34,37)(H,35,36);1-4H2/t25-,27+,28+,29-,30+,31+,36+,37-;23-,25+,26+,27-,28+,29+,32+,33-;/m11./s1. The molecule has 0 unspecified atom stereocenters. The van der Waals surface area contributed by atoms with Gasteiger partial charge < -0.3 is 30.1 Å². The van der Waals surface area contributed by atoms with Gasteiger partial charge in [-0.1, -0.05) is 141 Å². The molecule has 564 valence electrons. The van der Waals surface area contributed by atoms with E-state index in [2.05, 4.69) is 102 Å². The van der Waals surface area contributed by atoms with Crippen molar-refractivity contribution in [2.75, 3.05) is 13.1 Å². The van der Waals surface area contributed by atoms with Crippen LogP contribution in [0, 0.1) is 92.7 Å². The predicted octanol–water partition coefficient (Wildman–Crippen LogP) is 15.5. The Balaban J connectivity index is 0.000000191. The van der Waals surface area contributed by atoms with Crippen LogP contribution in [0.4, 0.5) is 14.4 Å². The van der Waals surface area contributed by atoms with Crippen molar-refractivity contribution in [1.29, 1.82) is 0 Å². The van der Waals surface area contributed by atoms with E-state index in [1.165, 1.54) is 108 Å². The molecule has 9 fully saturated rings. The topological polar surface area (TPSA) is 288 Å². The molecule has 0 aromatic carbocycles. The summed E-state index contributed by atoms with van der Waals surface area (Å²) in [6, 6.07) is 0. The van der Waals surface area contributed by atoms with Gasteiger partial charge in [-0.15, -0.1) is 5.06 Å². The van der Waals surface area contributed by atoms with Crippen LogP contribution in [-0.2, 0) is 62.3 Å². The maximum absolute atomic E-state index is 12.6. The average Bonchev–Trinajstić information content (AvgIpc) is 1.70. The molecule has 22 nitrogen and oxygen atoms in total. The van der Waals surface area contributed by atoms with Crippen molar-refractivity contribution in [2.45, 2.75) is 300 Å². The van der Waals surface area contributed by atoms with Crippen LogP contribution >= 0.6 is 0 Å². The lowest BCUT2D eigenvalue weighted by atomic mass is 9.47. The highest BCUT2D eigenvalue weighted by molar-refractivity contribution is 6.03. The SMILES string of the molecule is CC(C)CCC[C@@H](C)[C@H]1CC[C@H]2[C@@H]3CC=C4C[C@@H](OC(=O)NCCCCC(=O)O)CC[C@]4(C)[C@H]3CC[C@]12C.CC(C)CCC[C@@H](C)[C@H]1CC[C@H]2[C@@H]3CC=C4C[C@@H](OC(=O)NCCCCC(=O)ON5C(=O)CCC5=O)CC[C@]4(C)[C@H]3CC[C@]12C.O=C(ON1C(=O)CCC1=O)ON1C(=O)CCC1=O. The number of rotatable bonds is 25. The van der Waals surface area contributed by atoms with Crippen LogP contribution in [0.3, 0.4) is 0 Å². The van der Waals surface area contributed by atoms with E-state index in [4.69, 9.17) is 19.4 Å². The van der Waals surface area contributed by atoms with Crippen molar-refractivity contribution in [1.82, 2.24) is 25.8 Å². The van der Waals surface area contributed by atoms with E-state index in [9.17, 15) is 52.7 Å². The Hall–Kier alpha value is -6.35. The van der Waals surface area contributed by atoms with E-state index in [0.717, 1.165) is 110 Å². The van der Waals surface area contributed by atoms with E-state index >= 15 is 0 Å². The van der Waals surface area contributed by atoms with E-state index < -0.39 is 59.6 Å². The fourth-order valence-corrected chi connectivity index (χ4v) is 21.4. The normalized spacial score (nSPS) is 33.0. The van der Waals surface area contributed by atoms with E-state index in [1.807, 2.05) is 0 Å². The number of amides is 8. The zero-order valence-electron chi connectivity index (χ0n) is 62.5. The molecule has 8 aliphatic carbocycles. The number of aliphatic carboxylic acids is 1. The number of nitrogens with one attached hydrogen (secondary N) is 2. The Bertz CT molecular complexity index is 3000. The number of nitrogens with zero attached hydrogens (tertiary/aromatic N) is 3. The number of unbranched alkanes of at least 4 members (excludes halogenated alkanes) is 2. The lowest BCUT2D eigenvalue weighted by molar-refractivity contribution is -0.198. The Morgan fingerprint density at radius 1 is 0.465 bits per heavy atom. The van der Waals surface area contributed by atoms with E-state index in [-0.39, 0.29) is 90.6 Å². The van der Waals surface area contributed by atoms with Gasteiger partial charge in [0.1, 0.15) is 12.2 Å². The summed E-state index contributed by atoms with van der Waals surface area (Å²) in [4.78, 5) is 140. The first-order chi connectivity index (χ1) is 47.9. The maximum atomic E-state index is 12.6. The second-order valence-corrected chi connectivity index (χ2v) is 33.9. The van der Waals surface area contributed by atoms with Crippen molar-refractivity contribution >= 4 is 65.7 Å². The monoisotopic (exact) mass is 1410 g/mol. The highest BCUT2D eigenvalue weighted by Crippen LogP contribution is 2.69. The molecule has 0 aromatic rings. The number of carboxylic acid groups (broad SMARTS) is 1. The van der Waals surface area contributed by atoms with E-state index in [0.29, 0.717) is 54.7 Å². The lowest BCUT2D eigenvalue weighted by Crippen LogP contribution is -2.51. The van der Waals surface area contributed by atoms with Gasteiger partial charge in [0, 0.05) is 77.3 Å². The number of ether oxygens (including phenoxy) is 2. The fourth-order valence-electron chi connectivity index (χ4n) is 21.4. The lowest BCUT2D eigenvalue weighted by Gasteiger charge is -2.58. The molecule has 0 radical (unpaired) electrons. The second-order valence-electron chi connectivity index (χ2n) is 33.9. The molecule has 11 rings (SSSR count).